The van der Waals surface area contributed by atoms with E-state index in [4.69, 9.17) is 9.47 Å². The van der Waals surface area contributed by atoms with E-state index in [9.17, 15) is 14.4 Å². The molecule has 7 heteroatoms. The number of nitrogens with one attached hydrogen (secondary N) is 2. The van der Waals surface area contributed by atoms with Crippen molar-refractivity contribution in [2.24, 2.45) is 5.92 Å². The summed E-state index contributed by atoms with van der Waals surface area (Å²) in [6.45, 7) is 5.38. The predicted octanol–water partition coefficient (Wildman–Crippen LogP) is 2.01. The highest BCUT2D eigenvalue weighted by molar-refractivity contribution is 5.89. The molecule has 1 aromatic rings. The molecule has 0 radical (unpaired) electrons. The molecule has 0 saturated heterocycles. The Morgan fingerprint density at radius 3 is 2.28 bits per heavy atom. The molecule has 0 aliphatic heterocycles. The number of benzene rings is 1. The third kappa shape index (κ3) is 6.82. The average molecular weight is 350 g/mol. The second-order valence-electron chi connectivity index (χ2n) is 5.82. The number of hydrogen-bond donors (Lipinski definition) is 2. The van der Waals surface area contributed by atoms with E-state index in [0.717, 1.165) is 5.56 Å². The highest BCUT2D eigenvalue weighted by atomic mass is 16.5. The van der Waals surface area contributed by atoms with Gasteiger partial charge in [0, 0.05) is 0 Å². The molecule has 0 bridgehead atoms. The van der Waals surface area contributed by atoms with Crippen LogP contribution in [0, 0.1) is 5.92 Å². The first-order chi connectivity index (χ1) is 11.9. The summed E-state index contributed by atoms with van der Waals surface area (Å²) in [7, 11) is 1.27. The van der Waals surface area contributed by atoms with E-state index in [1.54, 1.807) is 0 Å². The lowest BCUT2D eigenvalue weighted by molar-refractivity contribution is -0.146. The summed E-state index contributed by atoms with van der Waals surface area (Å²) in [4.78, 5) is 35.8. The second-order valence-corrected chi connectivity index (χ2v) is 5.82. The molecule has 0 fully saturated rings. The molecule has 0 aliphatic carbocycles. The second kappa shape index (κ2) is 10.3. The number of methoxy groups -OCH3 is 1. The zero-order chi connectivity index (χ0) is 18.8. The van der Waals surface area contributed by atoms with Crippen LogP contribution >= 0.6 is 0 Å². The van der Waals surface area contributed by atoms with Gasteiger partial charge in [0.1, 0.15) is 18.7 Å². The molecule has 0 heterocycles. The highest BCUT2D eigenvalue weighted by Crippen LogP contribution is 2.09. The number of amides is 2. The predicted molar refractivity (Wildman–Crippen MR) is 92.6 cm³/mol. The molecule has 0 spiro atoms. The van der Waals surface area contributed by atoms with E-state index >= 15 is 0 Å². The van der Waals surface area contributed by atoms with Gasteiger partial charge in [-0.05, 0) is 18.4 Å². The lowest BCUT2D eigenvalue weighted by Gasteiger charge is -2.23. The van der Waals surface area contributed by atoms with Gasteiger partial charge in [-0.3, -0.25) is 4.79 Å². The van der Waals surface area contributed by atoms with Crippen LogP contribution in [0.3, 0.4) is 0 Å². The maximum absolute atomic E-state index is 12.2. The van der Waals surface area contributed by atoms with Gasteiger partial charge in [-0.15, -0.1) is 0 Å². The molecule has 0 aliphatic rings. The van der Waals surface area contributed by atoms with Crippen LogP contribution in [0.15, 0.2) is 30.3 Å². The average Bonchev–Trinajstić information content (AvgIpc) is 2.63. The summed E-state index contributed by atoms with van der Waals surface area (Å²) in [5.41, 5.74) is 0.845. The van der Waals surface area contributed by atoms with Crippen LogP contribution < -0.4 is 10.6 Å². The minimum atomic E-state index is -0.848. The monoisotopic (exact) mass is 350 g/mol. The van der Waals surface area contributed by atoms with Gasteiger partial charge in [-0.1, -0.05) is 50.6 Å². The van der Waals surface area contributed by atoms with E-state index in [1.807, 2.05) is 44.2 Å². The zero-order valence-corrected chi connectivity index (χ0v) is 15.1. The van der Waals surface area contributed by atoms with Gasteiger partial charge in [0.25, 0.3) is 0 Å². The minimum absolute atomic E-state index is 0.0892. The van der Waals surface area contributed by atoms with Crippen molar-refractivity contribution >= 4 is 18.0 Å². The molecule has 2 amide bonds. The molecule has 0 aromatic heterocycles. The summed E-state index contributed by atoms with van der Waals surface area (Å²) in [6.07, 6.45) is -0.00861. The number of carbonyl (C=O) groups excluding carboxylic acids is 3. The highest BCUT2D eigenvalue weighted by Gasteiger charge is 2.28. The van der Waals surface area contributed by atoms with Gasteiger partial charge in [-0.2, -0.15) is 0 Å². The molecular formula is C18H26N2O5. The van der Waals surface area contributed by atoms with E-state index in [2.05, 4.69) is 10.6 Å². The molecule has 1 rings (SSSR count). The minimum Gasteiger partial charge on any atom is -0.467 e. The van der Waals surface area contributed by atoms with Crippen molar-refractivity contribution in [1.29, 1.82) is 0 Å². The van der Waals surface area contributed by atoms with Crippen molar-refractivity contribution in [3.8, 4) is 0 Å². The number of esters is 1. The van der Waals surface area contributed by atoms with Crippen molar-refractivity contribution in [3.63, 3.8) is 0 Å². The van der Waals surface area contributed by atoms with Gasteiger partial charge < -0.3 is 20.1 Å². The van der Waals surface area contributed by atoms with E-state index in [0.29, 0.717) is 6.42 Å². The van der Waals surface area contributed by atoms with Crippen LogP contribution in [-0.4, -0.2) is 37.2 Å². The number of hydrogen-bond acceptors (Lipinski definition) is 5. The molecule has 25 heavy (non-hydrogen) atoms. The number of carbonyl (C=O) groups is 3. The number of rotatable bonds is 8. The Bertz CT molecular complexity index is 576. The van der Waals surface area contributed by atoms with Crippen LogP contribution in [-0.2, 0) is 25.7 Å². The normalized spacial score (nSPS) is 13.9. The van der Waals surface area contributed by atoms with Crippen LogP contribution in [0.4, 0.5) is 4.79 Å². The maximum atomic E-state index is 12.2. The molecule has 3 atom stereocenters. The van der Waals surface area contributed by atoms with Crippen LogP contribution in [0.2, 0.25) is 0 Å². The lowest BCUT2D eigenvalue weighted by Crippen LogP contribution is -2.52. The Morgan fingerprint density at radius 2 is 1.72 bits per heavy atom. The summed E-state index contributed by atoms with van der Waals surface area (Å²) >= 11 is 0. The number of alkyl carbamates (subject to hydrolysis) is 1. The van der Waals surface area contributed by atoms with Crippen molar-refractivity contribution < 1.29 is 23.9 Å². The maximum Gasteiger partial charge on any atom is 0.408 e. The summed E-state index contributed by atoms with van der Waals surface area (Å²) in [5.74, 6) is -1.08. The molecular weight excluding hydrogens is 324 g/mol. The van der Waals surface area contributed by atoms with Crippen molar-refractivity contribution in [2.75, 3.05) is 7.11 Å². The summed E-state index contributed by atoms with van der Waals surface area (Å²) < 4.78 is 9.79. The molecule has 0 unspecified atom stereocenters. The Balaban J connectivity index is 2.51. The van der Waals surface area contributed by atoms with E-state index < -0.39 is 30.1 Å². The van der Waals surface area contributed by atoms with Gasteiger partial charge in [0.2, 0.25) is 5.91 Å². The molecule has 138 valence electrons. The van der Waals surface area contributed by atoms with Crippen molar-refractivity contribution in [3.05, 3.63) is 35.9 Å². The first-order valence-electron chi connectivity index (χ1n) is 8.24. The largest absolute Gasteiger partial charge is 0.467 e. The molecule has 7 nitrogen and oxygen atoms in total. The van der Waals surface area contributed by atoms with Gasteiger partial charge in [-0.25, -0.2) is 9.59 Å². The summed E-state index contributed by atoms with van der Waals surface area (Å²) in [5, 5.41) is 5.06. The zero-order valence-electron chi connectivity index (χ0n) is 15.1. The van der Waals surface area contributed by atoms with E-state index in [-0.39, 0.29) is 12.5 Å². The first kappa shape index (κ1) is 20.5. The standard InChI is InChI=1S/C18H26N2O5/c1-5-12(2)15(17(22)24-4)20-16(21)13(3)19-18(23)25-11-14-9-7-6-8-10-14/h6-10,12-13,15H,5,11H2,1-4H3,(H,19,23)(H,20,21)/t12-,13+,15+/m0/s1. The van der Waals surface area contributed by atoms with Crippen LogP contribution in [0.25, 0.3) is 0 Å². The Kier molecular flexibility index (Phi) is 8.46. The third-order valence-corrected chi connectivity index (χ3v) is 3.91. The lowest BCUT2D eigenvalue weighted by atomic mass is 9.99. The smallest absolute Gasteiger partial charge is 0.408 e. The quantitative estimate of drug-likeness (QED) is 0.700. The van der Waals surface area contributed by atoms with E-state index in [1.165, 1.54) is 14.0 Å². The Hall–Kier alpha value is -2.57. The van der Waals surface area contributed by atoms with Crippen molar-refractivity contribution in [1.82, 2.24) is 10.6 Å². The fraction of sp³-hybridized carbons (Fsp3) is 0.500. The third-order valence-electron chi connectivity index (χ3n) is 3.91. The molecule has 1 aromatic carbocycles. The Labute approximate surface area is 148 Å². The number of ether oxygens (including phenoxy) is 2. The topological polar surface area (TPSA) is 93.7 Å². The van der Waals surface area contributed by atoms with Crippen LogP contribution in [0.1, 0.15) is 32.8 Å². The fourth-order valence-electron chi connectivity index (χ4n) is 2.08. The van der Waals surface area contributed by atoms with Gasteiger partial charge in [0.15, 0.2) is 0 Å². The van der Waals surface area contributed by atoms with Crippen LogP contribution in [0.5, 0.6) is 0 Å². The first-order valence-corrected chi connectivity index (χ1v) is 8.24. The SMILES string of the molecule is CC[C@H](C)[C@@H](NC(=O)[C@@H](C)NC(=O)OCc1ccccc1)C(=O)OC. The van der Waals surface area contributed by atoms with Gasteiger partial charge >= 0.3 is 12.1 Å². The van der Waals surface area contributed by atoms with Gasteiger partial charge in [0.05, 0.1) is 7.11 Å². The Morgan fingerprint density at radius 1 is 1.08 bits per heavy atom. The molecule has 2 N–H and O–H groups in total. The van der Waals surface area contributed by atoms with Crippen molar-refractivity contribution in [2.45, 2.75) is 45.9 Å². The molecule has 0 saturated carbocycles. The fourth-order valence-corrected chi connectivity index (χ4v) is 2.08. The summed E-state index contributed by atoms with van der Waals surface area (Å²) in [6, 6.07) is 7.60.